The Labute approximate surface area is 199 Å². The fraction of sp³-hybridized carbons (Fsp3) is 0.696. The molecule has 3 unspecified atom stereocenters. The van der Waals surface area contributed by atoms with Crippen molar-refractivity contribution in [3.8, 4) is 0 Å². The standard InChI is InChI=1S/C23H37N5O.HI/c1-3-22(19-8-5-4-6-9-19)26-12-14-27(15-13-26)23(24-2)25-16-21-17-28-11-7-10-20(28)18-29-21;/h4-6,8-9,20-22H,3,7,10-18H2,1-2H3,(H,24,25);1H. The summed E-state index contributed by atoms with van der Waals surface area (Å²) in [6.45, 7) is 10.5. The molecule has 0 radical (unpaired) electrons. The summed E-state index contributed by atoms with van der Waals surface area (Å²) in [4.78, 5) is 12.2. The van der Waals surface area contributed by atoms with Gasteiger partial charge in [0.2, 0.25) is 0 Å². The van der Waals surface area contributed by atoms with Gasteiger partial charge in [-0.2, -0.15) is 0 Å². The highest BCUT2D eigenvalue weighted by atomic mass is 127. The van der Waals surface area contributed by atoms with E-state index < -0.39 is 0 Å². The molecule has 3 aliphatic rings. The molecular formula is C23H38IN5O. The van der Waals surface area contributed by atoms with Crippen molar-refractivity contribution >= 4 is 29.9 Å². The minimum atomic E-state index is 0. The smallest absolute Gasteiger partial charge is 0.193 e. The Morgan fingerprint density at radius 2 is 1.93 bits per heavy atom. The van der Waals surface area contributed by atoms with E-state index >= 15 is 0 Å². The SMILES string of the molecule is CCC(c1ccccc1)N1CCN(C(=NC)NCC2CN3CCCC3CO2)CC1.I. The maximum atomic E-state index is 6.10. The summed E-state index contributed by atoms with van der Waals surface area (Å²) >= 11 is 0. The van der Waals surface area contributed by atoms with Gasteiger partial charge in [-0.25, -0.2) is 0 Å². The minimum absolute atomic E-state index is 0. The Hall–Kier alpha value is -0.900. The molecule has 1 aromatic rings. The largest absolute Gasteiger partial charge is 0.373 e. The Kier molecular flexibility index (Phi) is 9.22. The van der Waals surface area contributed by atoms with Crippen molar-refractivity contribution in [3.63, 3.8) is 0 Å². The summed E-state index contributed by atoms with van der Waals surface area (Å²) in [7, 11) is 1.89. The van der Waals surface area contributed by atoms with Gasteiger partial charge in [0.25, 0.3) is 0 Å². The van der Waals surface area contributed by atoms with Crippen LogP contribution < -0.4 is 5.32 Å². The number of halogens is 1. The molecular weight excluding hydrogens is 489 g/mol. The summed E-state index contributed by atoms with van der Waals surface area (Å²) in [6, 6.07) is 12.1. The van der Waals surface area contributed by atoms with E-state index in [0.29, 0.717) is 12.1 Å². The molecule has 3 atom stereocenters. The molecule has 0 aromatic heterocycles. The Morgan fingerprint density at radius 1 is 1.17 bits per heavy atom. The summed E-state index contributed by atoms with van der Waals surface area (Å²) in [5, 5.41) is 3.58. The number of fused-ring (bicyclic) bond motifs is 1. The number of piperazine rings is 1. The fourth-order valence-electron chi connectivity index (χ4n) is 5.17. The lowest BCUT2D eigenvalue weighted by Crippen LogP contribution is -2.55. The number of nitrogens with zero attached hydrogens (tertiary/aromatic N) is 4. The lowest BCUT2D eigenvalue weighted by Gasteiger charge is -2.41. The zero-order valence-corrected chi connectivity index (χ0v) is 20.8. The van der Waals surface area contributed by atoms with Gasteiger partial charge in [0.05, 0.1) is 12.7 Å². The van der Waals surface area contributed by atoms with Crippen molar-refractivity contribution in [2.24, 2.45) is 4.99 Å². The maximum Gasteiger partial charge on any atom is 0.193 e. The zero-order chi connectivity index (χ0) is 20.1. The molecule has 0 bridgehead atoms. The van der Waals surface area contributed by atoms with Crippen molar-refractivity contribution < 1.29 is 4.74 Å². The topological polar surface area (TPSA) is 43.3 Å². The van der Waals surface area contributed by atoms with E-state index in [1.807, 2.05) is 7.05 Å². The van der Waals surface area contributed by atoms with Gasteiger partial charge in [-0.05, 0) is 31.4 Å². The van der Waals surface area contributed by atoms with Crippen LogP contribution in [0.25, 0.3) is 0 Å². The summed E-state index contributed by atoms with van der Waals surface area (Å²) in [5.41, 5.74) is 1.43. The molecule has 168 valence electrons. The fourth-order valence-corrected chi connectivity index (χ4v) is 5.17. The predicted octanol–water partition coefficient (Wildman–Crippen LogP) is 2.81. The van der Waals surface area contributed by atoms with Crippen LogP contribution in [0.3, 0.4) is 0 Å². The number of rotatable bonds is 5. The molecule has 0 spiro atoms. The van der Waals surface area contributed by atoms with Gasteiger partial charge in [0, 0.05) is 58.4 Å². The van der Waals surface area contributed by atoms with Gasteiger partial charge >= 0.3 is 0 Å². The van der Waals surface area contributed by atoms with Gasteiger partial charge in [0.1, 0.15) is 0 Å². The molecule has 0 saturated carbocycles. The number of benzene rings is 1. The van der Waals surface area contributed by atoms with E-state index in [-0.39, 0.29) is 30.1 Å². The first-order valence-electron chi connectivity index (χ1n) is 11.4. The van der Waals surface area contributed by atoms with Gasteiger partial charge in [-0.3, -0.25) is 14.8 Å². The van der Waals surface area contributed by atoms with Crippen molar-refractivity contribution in [3.05, 3.63) is 35.9 Å². The Bertz CT molecular complexity index is 665. The number of hydrogen-bond donors (Lipinski definition) is 1. The lowest BCUT2D eigenvalue weighted by atomic mass is 10.0. The summed E-state index contributed by atoms with van der Waals surface area (Å²) in [5.74, 6) is 1.02. The number of hydrogen-bond acceptors (Lipinski definition) is 4. The maximum absolute atomic E-state index is 6.10. The molecule has 30 heavy (non-hydrogen) atoms. The first-order chi connectivity index (χ1) is 14.3. The van der Waals surface area contributed by atoms with Crippen LogP contribution in [-0.2, 0) is 4.74 Å². The average molecular weight is 527 g/mol. The third-order valence-corrected chi connectivity index (χ3v) is 6.79. The number of guanidine groups is 1. The van der Waals surface area contributed by atoms with Crippen molar-refractivity contribution in [1.29, 1.82) is 0 Å². The predicted molar refractivity (Wildman–Crippen MR) is 134 cm³/mol. The van der Waals surface area contributed by atoms with Gasteiger partial charge in [-0.1, -0.05) is 37.3 Å². The highest BCUT2D eigenvalue weighted by Crippen LogP contribution is 2.25. The monoisotopic (exact) mass is 527 g/mol. The van der Waals surface area contributed by atoms with Crippen molar-refractivity contribution in [2.45, 2.75) is 44.4 Å². The molecule has 1 N–H and O–H groups in total. The number of ether oxygens (including phenoxy) is 1. The van der Waals surface area contributed by atoms with E-state index in [2.05, 4.69) is 62.3 Å². The molecule has 3 aliphatic heterocycles. The lowest BCUT2D eigenvalue weighted by molar-refractivity contribution is -0.0455. The third kappa shape index (κ3) is 5.66. The second-order valence-corrected chi connectivity index (χ2v) is 8.53. The molecule has 4 rings (SSSR count). The molecule has 0 amide bonds. The van der Waals surface area contributed by atoms with Crippen LogP contribution in [0.2, 0.25) is 0 Å². The third-order valence-electron chi connectivity index (χ3n) is 6.79. The first-order valence-corrected chi connectivity index (χ1v) is 11.4. The molecule has 3 saturated heterocycles. The van der Waals surface area contributed by atoms with E-state index in [1.54, 1.807) is 0 Å². The molecule has 7 heteroatoms. The second-order valence-electron chi connectivity index (χ2n) is 8.53. The Morgan fingerprint density at radius 3 is 2.63 bits per heavy atom. The van der Waals surface area contributed by atoms with Gasteiger partial charge in [-0.15, -0.1) is 24.0 Å². The molecule has 3 fully saturated rings. The summed E-state index contributed by atoms with van der Waals surface area (Å²) in [6.07, 6.45) is 4.04. The highest BCUT2D eigenvalue weighted by molar-refractivity contribution is 14.0. The number of aliphatic imine (C=N–C) groups is 1. The van der Waals surface area contributed by atoms with Gasteiger partial charge < -0.3 is 15.0 Å². The van der Waals surface area contributed by atoms with E-state index in [9.17, 15) is 0 Å². The molecule has 3 heterocycles. The quantitative estimate of drug-likeness (QED) is 0.363. The first kappa shape index (κ1) is 23.8. The second kappa shape index (κ2) is 11.6. The minimum Gasteiger partial charge on any atom is -0.373 e. The van der Waals surface area contributed by atoms with Crippen LogP contribution in [0.4, 0.5) is 0 Å². The van der Waals surface area contributed by atoms with Crippen LogP contribution in [0.15, 0.2) is 35.3 Å². The highest BCUT2D eigenvalue weighted by Gasteiger charge is 2.32. The van der Waals surface area contributed by atoms with Crippen LogP contribution in [0.1, 0.15) is 37.8 Å². The van der Waals surface area contributed by atoms with Crippen LogP contribution >= 0.6 is 24.0 Å². The zero-order valence-electron chi connectivity index (χ0n) is 18.5. The van der Waals surface area contributed by atoms with Crippen LogP contribution in [0, 0.1) is 0 Å². The number of morpholine rings is 1. The van der Waals surface area contributed by atoms with Crippen molar-refractivity contribution in [2.75, 3.05) is 59.5 Å². The molecule has 1 aromatic carbocycles. The number of nitrogens with one attached hydrogen (secondary N) is 1. The molecule has 6 nitrogen and oxygen atoms in total. The van der Waals surface area contributed by atoms with E-state index in [1.165, 1.54) is 24.9 Å². The van der Waals surface area contributed by atoms with Crippen LogP contribution in [-0.4, -0.2) is 92.3 Å². The molecule has 0 aliphatic carbocycles. The Balaban J connectivity index is 0.00000256. The summed E-state index contributed by atoms with van der Waals surface area (Å²) < 4.78 is 6.10. The van der Waals surface area contributed by atoms with E-state index in [4.69, 9.17) is 4.74 Å². The normalized spacial score (nSPS) is 26.7. The van der Waals surface area contributed by atoms with Gasteiger partial charge in [0.15, 0.2) is 5.96 Å². The average Bonchev–Trinajstić information content (AvgIpc) is 3.24. The van der Waals surface area contributed by atoms with Crippen LogP contribution in [0.5, 0.6) is 0 Å². The van der Waals surface area contributed by atoms with Crippen molar-refractivity contribution in [1.82, 2.24) is 20.0 Å². The van der Waals surface area contributed by atoms with E-state index in [0.717, 1.165) is 58.3 Å².